The van der Waals surface area contributed by atoms with Gasteiger partial charge in [0, 0.05) is 37.4 Å². The number of carbonyl (C=O) groups excluding carboxylic acids is 1. The number of halogens is 1. The quantitative estimate of drug-likeness (QED) is 0.515. The largest absolute Gasteiger partial charge is 0.497 e. The number of hydrogen-bond donors (Lipinski definition) is 1. The zero-order valence-electron chi connectivity index (χ0n) is 19.9. The molecule has 0 aromatic heterocycles. The Balaban J connectivity index is 1.48. The van der Waals surface area contributed by atoms with E-state index >= 15 is 0 Å². The maximum atomic E-state index is 13.2. The molecular formula is C26H28ClN3O4S. The molecule has 0 unspecified atom stereocenters. The zero-order valence-corrected chi connectivity index (χ0v) is 21.5. The normalized spacial score (nSPS) is 14.1. The van der Waals surface area contributed by atoms with Crippen molar-refractivity contribution in [2.75, 3.05) is 42.9 Å². The van der Waals surface area contributed by atoms with E-state index in [-0.39, 0.29) is 21.4 Å². The van der Waals surface area contributed by atoms with E-state index in [1.807, 2.05) is 50.2 Å². The first-order valence-electron chi connectivity index (χ1n) is 11.3. The molecule has 0 bridgehead atoms. The van der Waals surface area contributed by atoms with E-state index in [9.17, 15) is 13.2 Å². The zero-order chi connectivity index (χ0) is 25.2. The van der Waals surface area contributed by atoms with Crippen molar-refractivity contribution < 1.29 is 17.9 Å². The maximum absolute atomic E-state index is 13.2. The van der Waals surface area contributed by atoms with Crippen molar-refractivity contribution in [2.24, 2.45) is 0 Å². The van der Waals surface area contributed by atoms with Crippen LogP contribution in [-0.2, 0) is 10.0 Å². The molecule has 3 aromatic carbocycles. The summed E-state index contributed by atoms with van der Waals surface area (Å²) in [6.07, 6.45) is 0. The topological polar surface area (TPSA) is 79.0 Å². The van der Waals surface area contributed by atoms with Crippen LogP contribution in [0.5, 0.6) is 5.75 Å². The smallest absolute Gasteiger partial charge is 0.263 e. The third-order valence-electron chi connectivity index (χ3n) is 6.10. The van der Waals surface area contributed by atoms with Crippen LogP contribution in [0.3, 0.4) is 0 Å². The first-order valence-corrected chi connectivity index (χ1v) is 13.1. The monoisotopic (exact) mass is 513 g/mol. The minimum absolute atomic E-state index is 0.0585. The molecule has 1 amide bonds. The molecule has 0 radical (unpaired) electrons. The van der Waals surface area contributed by atoms with Gasteiger partial charge in [-0.1, -0.05) is 29.3 Å². The van der Waals surface area contributed by atoms with Crippen molar-refractivity contribution in [2.45, 2.75) is 18.7 Å². The number of piperazine rings is 1. The van der Waals surface area contributed by atoms with Crippen molar-refractivity contribution in [1.82, 2.24) is 4.90 Å². The second-order valence-electron chi connectivity index (χ2n) is 8.55. The first kappa shape index (κ1) is 24.9. The van der Waals surface area contributed by atoms with E-state index in [0.29, 0.717) is 31.9 Å². The maximum Gasteiger partial charge on any atom is 0.263 e. The highest BCUT2D eigenvalue weighted by molar-refractivity contribution is 7.92. The van der Waals surface area contributed by atoms with Crippen LogP contribution in [0.1, 0.15) is 21.5 Å². The summed E-state index contributed by atoms with van der Waals surface area (Å²) < 4.78 is 34.0. The molecule has 4 rings (SSSR count). The number of carbonyl (C=O) groups is 1. The highest BCUT2D eigenvalue weighted by Gasteiger charge is 2.25. The summed E-state index contributed by atoms with van der Waals surface area (Å²) in [7, 11) is -2.36. The van der Waals surface area contributed by atoms with Gasteiger partial charge in [0.15, 0.2) is 0 Å². The summed E-state index contributed by atoms with van der Waals surface area (Å²) in [6.45, 7) is 6.16. The number of methoxy groups -OCH3 is 1. The second-order valence-corrected chi connectivity index (χ2v) is 10.6. The van der Waals surface area contributed by atoms with Crippen LogP contribution in [0.4, 0.5) is 11.4 Å². The number of aryl methyl sites for hydroxylation is 2. The number of benzene rings is 3. The number of hydrogen-bond acceptors (Lipinski definition) is 5. The van der Waals surface area contributed by atoms with Gasteiger partial charge in [-0.15, -0.1) is 0 Å². The lowest BCUT2D eigenvalue weighted by atomic mass is 10.1. The Kier molecular flexibility index (Phi) is 7.23. The molecule has 7 nitrogen and oxygen atoms in total. The standard InChI is InChI=1S/C26H28ClN3O4S/c1-18-4-11-24(19(2)16-18)28-35(32,33)25-17-20(5-10-23(25)27)26(31)30-14-12-29(13-15-30)21-6-8-22(34-3)9-7-21/h4-11,16-17,28H,12-15H2,1-3H3. The number of rotatable bonds is 6. The summed E-state index contributed by atoms with van der Waals surface area (Å²) in [6, 6.07) is 17.6. The average Bonchev–Trinajstić information content (AvgIpc) is 2.85. The fourth-order valence-corrected chi connectivity index (χ4v) is 5.77. The van der Waals surface area contributed by atoms with Gasteiger partial charge in [0.25, 0.3) is 15.9 Å². The Morgan fingerprint density at radius 1 is 0.943 bits per heavy atom. The van der Waals surface area contributed by atoms with E-state index in [4.69, 9.17) is 16.3 Å². The van der Waals surface area contributed by atoms with Crippen LogP contribution in [-0.4, -0.2) is 52.5 Å². The number of sulfonamides is 1. The van der Waals surface area contributed by atoms with E-state index in [1.54, 1.807) is 24.1 Å². The molecule has 0 atom stereocenters. The molecule has 184 valence electrons. The molecule has 1 fully saturated rings. The third-order valence-corrected chi connectivity index (χ3v) is 7.95. The lowest BCUT2D eigenvalue weighted by Crippen LogP contribution is -2.48. The van der Waals surface area contributed by atoms with Gasteiger partial charge in [-0.2, -0.15) is 0 Å². The highest BCUT2D eigenvalue weighted by atomic mass is 35.5. The van der Waals surface area contributed by atoms with Crippen LogP contribution in [0.25, 0.3) is 0 Å². The Morgan fingerprint density at radius 3 is 2.26 bits per heavy atom. The second kappa shape index (κ2) is 10.2. The Hall–Kier alpha value is -3.23. The highest BCUT2D eigenvalue weighted by Crippen LogP contribution is 2.28. The molecule has 0 aliphatic carbocycles. The summed E-state index contributed by atoms with van der Waals surface area (Å²) >= 11 is 6.25. The van der Waals surface area contributed by atoms with Gasteiger partial charge in [0.05, 0.1) is 17.8 Å². The molecule has 3 aromatic rings. The van der Waals surface area contributed by atoms with Gasteiger partial charge in [0.1, 0.15) is 10.6 Å². The number of ether oxygens (including phenoxy) is 1. The summed E-state index contributed by atoms with van der Waals surface area (Å²) in [5.74, 6) is 0.571. The van der Waals surface area contributed by atoms with E-state index in [2.05, 4.69) is 9.62 Å². The van der Waals surface area contributed by atoms with Crippen molar-refractivity contribution in [3.05, 3.63) is 82.4 Å². The first-order chi connectivity index (χ1) is 16.7. The van der Waals surface area contributed by atoms with Crippen molar-refractivity contribution in [3.63, 3.8) is 0 Å². The Morgan fingerprint density at radius 2 is 1.63 bits per heavy atom. The van der Waals surface area contributed by atoms with E-state index in [1.165, 1.54) is 12.1 Å². The molecule has 1 aliphatic rings. The minimum atomic E-state index is -3.99. The average molecular weight is 514 g/mol. The number of amides is 1. The van der Waals surface area contributed by atoms with Crippen LogP contribution in [0, 0.1) is 13.8 Å². The molecule has 1 saturated heterocycles. The van der Waals surface area contributed by atoms with Gasteiger partial charge in [-0.3, -0.25) is 9.52 Å². The van der Waals surface area contributed by atoms with Gasteiger partial charge < -0.3 is 14.5 Å². The third kappa shape index (κ3) is 5.55. The molecule has 1 N–H and O–H groups in total. The molecule has 9 heteroatoms. The predicted molar refractivity (Wildman–Crippen MR) is 139 cm³/mol. The lowest BCUT2D eigenvalue weighted by Gasteiger charge is -2.36. The number of anilines is 2. The summed E-state index contributed by atoms with van der Waals surface area (Å²) in [4.78, 5) is 17.0. The summed E-state index contributed by atoms with van der Waals surface area (Å²) in [5, 5.41) is 0.0585. The predicted octanol–water partition coefficient (Wildman–Crippen LogP) is 4.73. The van der Waals surface area contributed by atoms with Gasteiger partial charge in [-0.25, -0.2) is 8.42 Å². The Labute approximate surface area is 211 Å². The van der Waals surface area contributed by atoms with Crippen LogP contribution < -0.4 is 14.4 Å². The fourth-order valence-electron chi connectivity index (χ4n) is 4.11. The van der Waals surface area contributed by atoms with Crippen molar-refractivity contribution in [3.8, 4) is 5.75 Å². The van der Waals surface area contributed by atoms with Gasteiger partial charge in [0.2, 0.25) is 0 Å². The summed E-state index contributed by atoms with van der Waals surface area (Å²) in [5.41, 5.74) is 3.65. The SMILES string of the molecule is COc1ccc(N2CCN(C(=O)c3ccc(Cl)c(S(=O)(=O)Nc4ccc(C)cc4C)c3)CC2)cc1. The molecule has 0 spiro atoms. The number of nitrogens with zero attached hydrogens (tertiary/aromatic N) is 2. The molecule has 1 heterocycles. The van der Waals surface area contributed by atoms with Crippen molar-refractivity contribution >= 4 is 38.9 Å². The fraction of sp³-hybridized carbons (Fsp3) is 0.269. The molecule has 35 heavy (non-hydrogen) atoms. The van der Waals surface area contributed by atoms with Crippen LogP contribution in [0.15, 0.2) is 65.6 Å². The van der Waals surface area contributed by atoms with Crippen molar-refractivity contribution in [1.29, 1.82) is 0 Å². The van der Waals surface area contributed by atoms with Gasteiger partial charge in [-0.05, 0) is 67.9 Å². The van der Waals surface area contributed by atoms with E-state index < -0.39 is 10.0 Å². The lowest BCUT2D eigenvalue weighted by molar-refractivity contribution is 0.0746. The Bertz CT molecular complexity index is 1340. The molecule has 1 aliphatic heterocycles. The minimum Gasteiger partial charge on any atom is -0.497 e. The number of nitrogens with one attached hydrogen (secondary N) is 1. The van der Waals surface area contributed by atoms with Gasteiger partial charge >= 0.3 is 0 Å². The molecular weight excluding hydrogens is 486 g/mol. The molecule has 0 saturated carbocycles. The van der Waals surface area contributed by atoms with Crippen LogP contribution >= 0.6 is 11.6 Å². The van der Waals surface area contributed by atoms with Crippen LogP contribution in [0.2, 0.25) is 5.02 Å². The van der Waals surface area contributed by atoms with E-state index in [0.717, 1.165) is 22.6 Å².